The number of aryl methyl sites for hydroxylation is 1. The number of rotatable bonds is 4. The van der Waals surface area contributed by atoms with E-state index in [2.05, 4.69) is 12.2 Å². The summed E-state index contributed by atoms with van der Waals surface area (Å²) in [6.07, 6.45) is 7.01. The van der Waals surface area contributed by atoms with Crippen molar-refractivity contribution < 1.29 is 4.79 Å². The van der Waals surface area contributed by atoms with Gasteiger partial charge in [-0.3, -0.25) is 4.79 Å². The number of carbonyl (C=O) groups is 1. The molecule has 1 amide bonds. The summed E-state index contributed by atoms with van der Waals surface area (Å²) in [6, 6.07) is 10.2. The quantitative estimate of drug-likeness (QED) is 0.673. The summed E-state index contributed by atoms with van der Waals surface area (Å²) < 4.78 is 0. The van der Waals surface area contributed by atoms with Crippen LogP contribution in [0.25, 0.3) is 6.08 Å². The molecule has 0 aromatic heterocycles. The van der Waals surface area contributed by atoms with E-state index in [9.17, 15) is 4.79 Å². The summed E-state index contributed by atoms with van der Waals surface area (Å²) >= 11 is 0. The molecule has 0 atom stereocenters. The van der Waals surface area contributed by atoms with E-state index in [0.29, 0.717) is 0 Å². The van der Waals surface area contributed by atoms with Crippen molar-refractivity contribution in [1.82, 2.24) is 5.32 Å². The first-order valence-electron chi connectivity index (χ1n) is 7.24. The average Bonchev–Trinajstić information content (AvgIpc) is 2.98. The summed E-state index contributed by atoms with van der Waals surface area (Å²) in [5.41, 5.74) is 2.32. The van der Waals surface area contributed by atoms with Crippen LogP contribution in [-0.4, -0.2) is 11.9 Å². The normalized spacial score (nSPS) is 15.9. The molecule has 3 nitrogen and oxygen atoms in total. The van der Waals surface area contributed by atoms with Gasteiger partial charge in [-0.2, -0.15) is 5.26 Å². The van der Waals surface area contributed by atoms with Crippen LogP contribution in [0.3, 0.4) is 0 Å². The van der Waals surface area contributed by atoms with Gasteiger partial charge in [-0.15, -0.1) is 0 Å². The van der Waals surface area contributed by atoms with E-state index in [0.717, 1.165) is 37.7 Å². The molecule has 1 aromatic carbocycles. The number of nitriles is 1. The zero-order valence-electron chi connectivity index (χ0n) is 11.9. The van der Waals surface area contributed by atoms with Crippen LogP contribution in [0.1, 0.15) is 43.7 Å². The van der Waals surface area contributed by atoms with Crippen molar-refractivity contribution in [3.05, 3.63) is 41.0 Å². The molecule has 104 valence electrons. The minimum absolute atomic E-state index is 0.182. The minimum atomic E-state index is -0.251. The zero-order valence-corrected chi connectivity index (χ0v) is 11.9. The van der Waals surface area contributed by atoms with Crippen LogP contribution in [0.4, 0.5) is 0 Å². The van der Waals surface area contributed by atoms with E-state index in [1.54, 1.807) is 6.08 Å². The third kappa shape index (κ3) is 3.71. The highest BCUT2D eigenvalue weighted by Crippen LogP contribution is 2.18. The number of carbonyl (C=O) groups excluding carboxylic acids is 1. The maximum atomic E-state index is 12.1. The predicted molar refractivity (Wildman–Crippen MR) is 79.8 cm³/mol. The van der Waals surface area contributed by atoms with Gasteiger partial charge in [0.15, 0.2) is 0 Å². The van der Waals surface area contributed by atoms with E-state index >= 15 is 0 Å². The standard InChI is InChI=1S/C17H20N2O/c1-2-13-7-9-14(10-8-13)11-15(12-18)17(20)19-16-5-3-4-6-16/h7-11,16H,2-6H2,1H3,(H,19,20)/b15-11-. The molecule has 1 N–H and O–H groups in total. The molecular formula is C17H20N2O. The molecule has 0 unspecified atom stereocenters. The monoisotopic (exact) mass is 268 g/mol. The Bertz CT molecular complexity index is 531. The lowest BCUT2D eigenvalue weighted by molar-refractivity contribution is -0.117. The van der Waals surface area contributed by atoms with E-state index in [1.807, 2.05) is 30.3 Å². The van der Waals surface area contributed by atoms with Gasteiger partial charge in [0.1, 0.15) is 11.6 Å². The second kappa shape index (κ2) is 6.91. The topological polar surface area (TPSA) is 52.9 Å². The lowest BCUT2D eigenvalue weighted by Gasteiger charge is -2.10. The molecule has 1 aliphatic carbocycles. The maximum Gasteiger partial charge on any atom is 0.262 e. The Labute approximate surface area is 120 Å². The van der Waals surface area contributed by atoms with Crippen LogP contribution in [0.2, 0.25) is 0 Å². The molecule has 0 heterocycles. The van der Waals surface area contributed by atoms with Crippen LogP contribution >= 0.6 is 0 Å². The van der Waals surface area contributed by atoms with Crippen molar-refractivity contribution in [2.24, 2.45) is 0 Å². The summed E-state index contributed by atoms with van der Waals surface area (Å²) in [4.78, 5) is 12.1. The Morgan fingerprint density at radius 3 is 2.55 bits per heavy atom. The Kier molecular flexibility index (Phi) is 4.95. The highest BCUT2D eigenvalue weighted by molar-refractivity contribution is 6.01. The molecule has 1 saturated carbocycles. The number of nitrogens with one attached hydrogen (secondary N) is 1. The van der Waals surface area contributed by atoms with Crippen molar-refractivity contribution in [1.29, 1.82) is 5.26 Å². The van der Waals surface area contributed by atoms with Crippen LogP contribution in [0.15, 0.2) is 29.8 Å². The van der Waals surface area contributed by atoms with E-state index in [-0.39, 0.29) is 17.5 Å². The number of hydrogen-bond acceptors (Lipinski definition) is 2. The van der Waals surface area contributed by atoms with Gasteiger partial charge in [-0.25, -0.2) is 0 Å². The molecular weight excluding hydrogens is 248 g/mol. The first-order valence-corrected chi connectivity index (χ1v) is 7.24. The average molecular weight is 268 g/mol. The molecule has 0 aliphatic heterocycles. The molecule has 0 radical (unpaired) electrons. The molecule has 0 saturated heterocycles. The second-order valence-corrected chi connectivity index (χ2v) is 5.22. The Balaban J connectivity index is 2.07. The van der Waals surface area contributed by atoms with Gasteiger partial charge >= 0.3 is 0 Å². The fraction of sp³-hybridized carbons (Fsp3) is 0.412. The van der Waals surface area contributed by atoms with E-state index in [1.165, 1.54) is 5.56 Å². The minimum Gasteiger partial charge on any atom is -0.349 e. The lowest BCUT2D eigenvalue weighted by Crippen LogP contribution is -2.33. The molecule has 1 aromatic rings. The molecule has 20 heavy (non-hydrogen) atoms. The van der Waals surface area contributed by atoms with Crippen molar-refractivity contribution in [3.63, 3.8) is 0 Å². The van der Waals surface area contributed by atoms with Gasteiger partial charge in [0.2, 0.25) is 0 Å². The van der Waals surface area contributed by atoms with Crippen molar-refractivity contribution in [2.75, 3.05) is 0 Å². The molecule has 0 bridgehead atoms. The van der Waals surface area contributed by atoms with Gasteiger partial charge in [-0.05, 0) is 36.5 Å². The maximum absolute atomic E-state index is 12.1. The number of hydrogen-bond donors (Lipinski definition) is 1. The first-order chi connectivity index (χ1) is 9.72. The van der Waals surface area contributed by atoms with Gasteiger partial charge < -0.3 is 5.32 Å². The molecule has 1 fully saturated rings. The van der Waals surface area contributed by atoms with Gasteiger partial charge in [0.25, 0.3) is 5.91 Å². The van der Waals surface area contributed by atoms with Gasteiger partial charge in [0, 0.05) is 6.04 Å². The lowest BCUT2D eigenvalue weighted by atomic mass is 10.1. The predicted octanol–water partition coefficient (Wildman–Crippen LogP) is 3.21. The van der Waals surface area contributed by atoms with Crippen LogP contribution in [0.5, 0.6) is 0 Å². The largest absolute Gasteiger partial charge is 0.349 e. The summed E-state index contributed by atoms with van der Waals surface area (Å²) in [5.74, 6) is -0.251. The van der Waals surface area contributed by atoms with Crippen molar-refractivity contribution in [2.45, 2.75) is 45.1 Å². The summed E-state index contributed by atoms with van der Waals surface area (Å²) in [6.45, 7) is 2.10. The third-order valence-corrected chi connectivity index (χ3v) is 3.75. The highest BCUT2D eigenvalue weighted by Gasteiger charge is 2.19. The zero-order chi connectivity index (χ0) is 14.4. The van der Waals surface area contributed by atoms with Crippen LogP contribution < -0.4 is 5.32 Å². The first kappa shape index (κ1) is 14.3. The fourth-order valence-electron chi connectivity index (χ4n) is 2.50. The van der Waals surface area contributed by atoms with Crippen LogP contribution in [-0.2, 0) is 11.2 Å². The molecule has 3 heteroatoms. The Hall–Kier alpha value is -2.08. The van der Waals surface area contributed by atoms with Crippen LogP contribution in [0, 0.1) is 11.3 Å². The summed E-state index contributed by atoms with van der Waals surface area (Å²) in [5, 5.41) is 12.1. The van der Waals surface area contributed by atoms with E-state index in [4.69, 9.17) is 5.26 Å². The summed E-state index contributed by atoms with van der Waals surface area (Å²) in [7, 11) is 0. The number of benzene rings is 1. The number of nitrogens with zero attached hydrogens (tertiary/aromatic N) is 1. The molecule has 0 spiro atoms. The Morgan fingerprint density at radius 1 is 1.35 bits per heavy atom. The van der Waals surface area contributed by atoms with Crippen molar-refractivity contribution in [3.8, 4) is 6.07 Å². The third-order valence-electron chi connectivity index (χ3n) is 3.75. The highest BCUT2D eigenvalue weighted by atomic mass is 16.1. The fourth-order valence-corrected chi connectivity index (χ4v) is 2.50. The molecule has 1 aliphatic rings. The van der Waals surface area contributed by atoms with Gasteiger partial charge in [-0.1, -0.05) is 44.0 Å². The Morgan fingerprint density at radius 2 is 2.00 bits per heavy atom. The number of amides is 1. The SMILES string of the molecule is CCc1ccc(/C=C(/C#N)C(=O)NC2CCCC2)cc1. The van der Waals surface area contributed by atoms with E-state index < -0.39 is 0 Å². The van der Waals surface area contributed by atoms with Gasteiger partial charge in [0.05, 0.1) is 0 Å². The molecule has 2 rings (SSSR count). The smallest absolute Gasteiger partial charge is 0.262 e. The van der Waals surface area contributed by atoms with Crippen molar-refractivity contribution >= 4 is 12.0 Å². The second-order valence-electron chi connectivity index (χ2n) is 5.22.